The van der Waals surface area contributed by atoms with E-state index in [1.54, 1.807) is 39.8 Å². The Morgan fingerprint density at radius 1 is 0.917 bits per heavy atom. The molecule has 0 spiro atoms. The maximum absolute atomic E-state index is 13.4. The monoisotopic (exact) mass is 494 g/mol. The van der Waals surface area contributed by atoms with E-state index in [1.807, 2.05) is 35.2 Å². The highest BCUT2D eigenvalue weighted by molar-refractivity contribution is 5.88. The van der Waals surface area contributed by atoms with E-state index in [0.717, 1.165) is 25.2 Å². The van der Waals surface area contributed by atoms with Gasteiger partial charge < -0.3 is 15.0 Å². The summed E-state index contributed by atoms with van der Waals surface area (Å²) in [6.07, 6.45) is 0.166. The highest BCUT2D eigenvalue weighted by Crippen LogP contribution is 2.16. The second kappa shape index (κ2) is 12.5. The predicted octanol–water partition coefficient (Wildman–Crippen LogP) is 3.82. The number of anilines is 1. The van der Waals surface area contributed by atoms with Crippen LogP contribution in [0.3, 0.4) is 0 Å². The first-order chi connectivity index (χ1) is 17.1. The van der Waals surface area contributed by atoms with Crippen molar-refractivity contribution < 1.29 is 19.1 Å². The number of ether oxygens (including phenoxy) is 1. The number of piperazine rings is 1. The molecule has 2 N–H and O–H groups in total. The largest absolute Gasteiger partial charge is 0.444 e. The summed E-state index contributed by atoms with van der Waals surface area (Å²) in [7, 11) is 0. The second-order valence-electron chi connectivity index (χ2n) is 10.1. The van der Waals surface area contributed by atoms with E-state index in [2.05, 4.69) is 27.7 Å². The van der Waals surface area contributed by atoms with Crippen molar-refractivity contribution in [3.63, 3.8) is 0 Å². The summed E-state index contributed by atoms with van der Waals surface area (Å²) < 4.78 is 5.28. The Bertz CT molecular complexity index is 1010. The molecule has 0 saturated carbocycles. The molecule has 36 heavy (non-hydrogen) atoms. The van der Waals surface area contributed by atoms with Crippen LogP contribution < -0.4 is 10.6 Å². The van der Waals surface area contributed by atoms with Crippen LogP contribution in [0.25, 0.3) is 0 Å². The molecule has 1 fully saturated rings. The van der Waals surface area contributed by atoms with Crippen LogP contribution in [-0.4, -0.2) is 65.5 Å². The molecule has 8 heteroatoms. The number of benzene rings is 2. The zero-order chi connectivity index (χ0) is 26.1. The van der Waals surface area contributed by atoms with Gasteiger partial charge in [0.15, 0.2) is 0 Å². The Morgan fingerprint density at radius 3 is 2.14 bits per heavy atom. The standard InChI is InChI=1S/C28H38N4O4/c1-5-25(33)30-24(19-21-11-13-23(14-12-21)29-27(35)36-28(2,3)4)26(34)32-17-15-31(16-18-32)20-22-9-7-6-8-10-22/h6-14,24H,5,15-20H2,1-4H3,(H,29,35)(H,30,33). The lowest BCUT2D eigenvalue weighted by molar-refractivity contribution is -0.138. The first-order valence-electron chi connectivity index (χ1n) is 12.6. The van der Waals surface area contributed by atoms with Crippen LogP contribution >= 0.6 is 0 Å². The summed E-state index contributed by atoms with van der Waals surface area (Å²) in [6.45, 7) is 10.9. The van der Waals surface area contributed by atoms with Gasteiger partial charge in [-0.1, -0.05) is 49.4 Å². The van der Waals surface area contributed by atoms with Crippen LogP contribution in [0.2, 0.25) is 0 Å². The molecule has 194 valence electrons. The molecule has 3 amide bonds. The van der Waals surface area contributed by atoms with Crippen LogP contribution in [0, 0.1) is 0 Å². The predicted molar refractivity (Wildman–Crippen MR) is 141 cm³/mol. The third-order valence-corrected chi connectivity index (χ3v) is 5.93. The maximum atomic E-state index is 13.4. The van der Waals surface area contributed by atoms with Crippen LogP contribution in [0.15, 0.2) is 54.6 Å². The smallest absolute Gasteiger partial charge is 0.412 e. The lowest BCUT2D eigenvalue weighted by Gasteiger charge is -2.36. The maximum Gasteiger partial charge on any atom is 0.412 e. The van der Waals surface area contributed by atoms with Gasteiger partial charge in [0.25, 0.3) is 0 Å². The third-order valence-electron chi connectivity index (χ3n) is 5.93. The minimum Gasteiger partial charge on any atom is -0.444 e. The van der Waals surface area contributed by atoms with E-state index in [-0.39, 0.29) is 11.8 Å². The lowest BCUT2D eigenvalue weighted by atomic mass is 10.0. The molecule has 1 saturated heterocycles. The molecule has 1 unspecified atom stereocenters. The van der Waals surface area contributed by atoms with Crippen molar-refractivity contribution in [1.29, 1.82) is 0 Å². The quantitative estimate of drug-likeness (QED) is 0.582. The fraction of sp³-hybridized carbons (Fsp3) is 0.464. The molecule has 2 aromatic rings. The van der Waals surface area contributed by atoms with Crippen LogP contribution in [-0.2, 0) is 27.3 Å². The molecule has 2 aromatic carbocycles. The number of nitrogens with zero attached hydrogens (tertiary/aromatic N) is 2. The summed E-state index contributed by atoms with van der Waals surface area (Å²) in [4.78, 5) is 41.8. The topological polar surface area (TPSA) is 91.0 Å². The van der Waals surface area contributed by atoms with Crippen molar-refractivity contribution in [1.82, 2.24) is 15.1 Å². The van der Waals surface area contributed by atoms with Crippen molar-refractivity contribution in [3.8, 4) is 0 Å². The summed E-state index contributed by atoms with van der Waals surface area (Å²) in [5.74, 6) is -0.216. The molecule has 0 aromatic heterocycles. The van der Waals surface area contributed by atoms with Gasteiger partial charge in [0, 0.05) is 51.3 Å². The van der Waals surface area contributed by atoms with Gasteiger partial charge >= 0.3 is 6.09 Å². The average molecular weight is 495 g/mol. The number of rotatable bonds is 8. The normalized spacial score (nSPS) is 15.2. The molecular formula is C28H38N4O4. The molecule has 0 bridgehead atoms. The van der Waals surface area contributed by atoms with Crippen LogP contribution in [0.5, 0.6) is 0 Å². The Morgan fingerprint density at radius 2 is 1.56 bits per heavy atom. The number of carbonyl (C=O) groups is 3. The highest BCUT2D eigenvalue weighted by Gasteiger charge is 2.28. The van der Waals surface area contributed by atoms with Crippen LogP contribution in [0.1, 0.15) is 45.2 Å². The second-order valence-corrected chi connectivity index (χ2v) is 10.1. The van der Waals surface area contributed by atoms with Crippen LogP contribution in [0.4, 0.5) is 10.5 Å². The molecule has 1 atom stereocenters. The number of carbonyl (C=O) groups excluding carboxylic acids is 3. The number of hydrogen-bond acceptors (Lipinski definition) is 5. The Hall–Kier alpha value is -3.39. The van der Waals surface area contributed by atoms with E-state index in [0.29, 0.717) is 31.6 Å². The first kappa shape index (κ1) is 27.2. The third kappa shape index (κ3) is 8.68. The number of amides is 3. The van der Waals surface area contributed by atoms with Gasteiger partial charge in [0.2, 0.25) is 11.8 Å². The molecule has 1 aliphatic rings. The van der Waals surface area contributed by atoms with Crippen molar-refractivity contribution in [2.45, 2.75) is 58.7 Å². The molecular weight excluding hydrogens is 456 g/mol. The van der Waals surface area contributed by atoms with Crippen molar-refractivity contribution in [3.05, 3.63) is 65.7 Å². The minimum atomic E-state index is -0.636. The van der Waals surface area contributed by atoms with E-state index in [9.17, 15) is 14.4 Å². The summed E-state index contributed by atoms with van der Waals surface area (Å²) in [5.41, 5.74) is 2.17. The summed E-state index contributed by atoms with van der Waals surface area (Å²) >= 11 is 0. The van der Waals surface area contributed by atoms with Gasteiger partial charge in [0.1, 0.15) is 11.6 Å². The zero-order valence-corrected chi connectivity index (χ0v) is 21.8. The molecule has 3 rings (SSSR count). The molecule has 8 nitrogen and oxygen atoms in total. The zero-order valence-electron chi connectivity index (χ0n) is 21.8. The Labute approximate surface area is 214 Å². The summed E-state index contributed by atoms with van der Waals surface area (Å²) in [6, 6.07) is 16.9. The van der Waals surface area contributed by atoms with Crippen molar-refractivity contribution >= 4 is 23.6 Å². The van der Waals surface area contributed by atoms with Gasteiger partial charge in [0.05, 0.1) is 0 Å². The molecule has 1 heterocycles. The van der Waals surface area contributed by atoms with E-state index in [1.165, 1.54) is 5.56 Å². The molecule has 0 aliphatic carbocycles. The Balaban J connectivity index is 1.58. The average Bonchev–Trinajstić information content (AvgIpc) is 2.84. The highest BCUT2D eigenvalue weighted by atomic mass is 16.6. The van der Waals surface area contributed by atoms with Gasteiger partial charge in [-0.3, -0.25) is 19.8 Å². The van der Waals surface area contributed by atoms with Crippen molar-refractivity contribution in [2.75, 3.05) is 31.5 Å². The van der Waals surface area contributed by atoms with Crippen molar-refractivity contribution in [2.24, 2.45) is 0 Å². The van der Waals surface area contributed by atoms with Gasteiger partial charge in [-0.05, 0) is 44.0 Å². The van der Waals surface area contributed by atoms with E-state index >= 15 is 0 Å². The lowest BCUT2D eigenvalue weighted by Crippen LogP contribution is -2.55. The fourth-order valence-corrected chi connectivity index (χ4v) is 4.07. The fourth-order valence-electron chi connectivity index (χ4n) is 4.07. The first-order valence-corrected chi connectivity index (χ1v) is 12.6. The summed E-state index contributed by atoms with van der Waals surface area (Å²) in [5, 5.41) is 5.61. The molecule has 1 aliphatic heterocycles. The van der Waals surface area contributed by atoms with Gasteiger partial charge in [-0.2, -0.15) is 0 Å². The van der Waals surface area contributed by atoms with E-state index < -0.39 is 17.7 Å². The minimum absolute atomic E-state index is 0.0629. The molecule has 0 radical (unpaired) electrons. The van der Waals surface area contributed by atoms with Gasteiger partial charge in [-0.15, -0.1) is 0 Å². The number of nitrogens with one attached hydrogen (secondary N) is 2. The van der Waals surface area contributed by atoms with Gasteiger partial charge in [-0.25, -0.2) is 4.79 Å². The van der Waals surface area contributed by atoms with E-state index in [4.69, 9.17) is 4.74 Å². The SMILES string of the molecule is CCC(=O)NC(Cc1ccc(NC(=O)OC(C)(C)C)cc1)C(=O)N1CCN(Cc2ccccc2)CC1. The Kier molecular flexibility index (Phi) is 9.47. The number of hydrogen-bond donors (Lipinski definition) is 2.